The molecule has 2 N–H and O–H groups in total. The zero-order valence-electron chi connectivity index (χ0n) is 10.4. The number of halogens is 3. The van der Waals surface area contributed by atoms with Gasteiger partial charge in [0.25, 0.3) is 0 Å². The van der Waals surface area contributed by atoms with Gasteiger partial charge in [0, 0.05) is 28.6 Å². The molecule has 0 aromatic heterocycles. The third-order valence-electron chi connectivity index (χ3n) is 3.44. The Kier molecular flexibility index (Phi) is 3.83. The Morgan fingerprint density at radius 1 is 1.05 bits per heavy atom. The minimum atomic E-state index is -0.204. The molecule has 3 rings (SSSR count). The molecule has 0 aliphatic carbocycles. The Bertz CT molecular complexity index is 660. The van der Waals surface area contributed by atoms with Crippen LogP contribution in [-0.4, -0.2) is 0 Å². The minimum Gasteiger partial charge on any atom is -0.485 e. The van der Waals surface area contributed by atoms with Gasteiger partial charge in [0.05, 0.1) is 10.0 Å². The molecular formula is C15H12Cl3NO. The molecule has 104 valence electrons. The second kappa shape index (κ2) is 5.45. The molecule has 0 radical (unpaired) electrons. The van der Waals surface area contributed by atoms with Crippen molar-refractivity contribution in [2.45, 2.75) is 18.6 Å². The highest BCUT2D eigenvalue weighted by molar-refractivity contribution is 6.42. The average molecular weight is 329 g/mol. The van der Waals surface area contributed by atoms with Gasteiger partial charge in [-0.2, -0.15) is 0 Å². The fourth-order valence-corrected chi connectivity index (χ4v) is 3.05. The van der Waals surface area contributed by atoms with Gasteiger partial charge >= 0.3 is 0 Å². The number of hydrogen-bond donors (Lipinski definition) is 1. The van der Waals surface area contributed by atoms with Crippen molar-refractivity contribution < 1.29 is 4.74 Å². The molecule has 1 aliphatic rings. The quantitative estimate of drug-likeness (QED) is 0.783. The molecular weight excluding hydrogens is 317 g/mol. The molecule has 0 spiro atoms. The maximum atomic E-state index is 6.25. The van der Waals surface area contributed by atoms with Crippen LogP contribution in [0.3, 0.4) is 0 Å². The molecule has 1 unspecified atom stereocenters. The summed E-state index contributed by atoms with van der Waals surface area (Å²) in [6, 6.07) is 10.8. The first-order chi connectivity index (χ1) is 9.56. The molecule has 1 aliphatic heterocycles. The number of fused-ring (bicyclic) bond motifs is 1. The lowest BCUT2D eigenvalue weighted by atomic mass is 9.93. The molecule has 20 heavy (non-hydrogen) atoms. The summed E-state index contributed by atoms with van der Waals surface area (Å²) in [6.45, 7) is 0. The van der Waals surface area contributed by atoms with Crippen LogP contribution in [0.2, 0.25) is 15.1 Å². The topological polar surface area (TPSA) is 35.2 Å². The first kappa shape index (κ1) is 14.0. The van der Waals surface area contributed by atoms with Gasteiger partial charge in [-0.05, 0) is 24.3 Å². The molecule has 2 nitrogen and oxygen atoms in total. The number of benzene rings is 2. The predicted octanol–water partition coefficient (Wildman–Crippen LogP) is 5.17. The summed E-state index contributed by atoms with van der Waals surface area (Å²) >= 11 is 18.3. The fourth-order valence-electron chi connectivity index (χ4n) is 2.43. The fraction of sp³-hybridized carbons (Fsp3) is 0.200. The lowest BCUT2D eigenvalue weighted by Crippen LogP contribution is -2.24. The van der Waals surface area contributed by atoms with Crippen molar-refractivity contribution in [3.63, 3.8) is 0 Å². The summed E-state index contributed by atoms with van der Waals surface area (Å²) < 4.78 is 6.00. The third-order valence-corrected chi connectivity index (χ3v) is 4.51. The Morgan fingerprint density at radius 3 is 2.65 bits per heavy atom. The van der Waals surface area contributed by atoms with Crippen molar-refractivity contribution in [3.05, 3.63) is 62.6 Å². The van der Waals surface area contributed by atoms with Gasteiger partial charge in [-0.15, -0.1) is 0 Å². The van der Waals surface area contributed by atoms with E-state index in [0.29, 0.717) is 21.5 Å². The Labute approximate surface area is 132 Å². The molecule has 0 fully saturated rings. The maximum absolute atomic E-state index is 6.25. The van der Waals surface area contributed by atoms with Crippen LogP contribution in [0.15, 0.2) is 36.4 Å². The van der Waals surface area contributed by atoms with Crippen molar-refractivity contribution in [2.24, 2.45) is 5.73 Å². The molecule has 0 bridgehead atoms. The second-order valence-corrected chi connectivity index (χ2v) is 6.00. The van der Waals surface area contributed by atoms with E-state index in [0.717, 1.165) is 16.9 Å². The highest BCUT2D eigenvalue weighted by Crippen LogP contribution is 2.43. The van der Waals surface area contributed by atoms with Crippen LogP contribution in [0.5, 0.6) is 5.75 Å². The zero-order chi connectivity index (χ0) is 14.3. The number of nitrogens with two attached hydrogens (primary N) is 1. The molecule has 0 saturated heterocycles. The van der Waals surface area contributed by atoms with E-state index in [2.05, 4.69) is 0 Å². The third kappa shape index (κ3) is 2.49. The van der Waals surface area contributed by atoms with E-state index >= 15 is 0 Å². The highest BCUT2D eigenvalue weighted by atomic mass is 35.5. The van der Waals surface area contributed by atoms with Gasteiger partial charge in [0.2, 0.25) is 0 Å². The normalized spacial score (nSPS) is 21.2. The monoisotopic (exact) mass is 327 g/mol. The van der Waals surface area contributed by atoms with E-state index in [-0.39, 0.29) is 12.1 Å². The molecule has 2 aromatic carbocycles. The number of ether oxygens (including phenoxy) is 1. The van der Waals surface area contributed by atoms with Gasteiger partial charge in [-0.3, -0.25) is 0 Å². The first-order valence-corrected chi connectivity index (χ1v) is 7.35. The van der Waals surface area contributed by atoms with Crippen LogP contribution in [-0.2, 0) is 0 Å². The SMILES string of the molecule is N[C@@H]1CC(c2cccc(Cl)c2Cl)Oc2ccc(Cl)cc21. The Morgan fingerprint density at radius 2 is 1.85 bits per heavy atom. The van der Waals surface area contributed by atoms with E-state index in [4.69, 9.17) is 45.3 Å². The maximum Gasteiger partial charge on any atom is 0.127 e. The van der Waals surface area contributed by atoms with Crippen LogP contribution in [0.4, 0.5) is 0 Å². The van der Waals surface area contributed by atoms with E-state index in [1.165, 1.54) is 0 Å². The van der Waals surface area contributed by atoms with Gasteiger partial charge in [-0.1, -0.05) is 46.9 Å². The van der Waals surface area contributed by atoms with Crippen molar-refractivity contribution >= 4 is 34.8 Å². The predicted molar refractivity (Wildman–Crippen MR) is 82.8 cm³/mol. The zero-order valence-corrected chi connectivity index (χ0v) is 12.7. The first-order valence-electron chi connectivity index (χ1n) is 6.22. The average Bonchev–Trinajstić information content (AvgIpc) is 2.42. The van der Waals surface area contributed by atoms with Crippen LogP contribution < -0.4 is 10.5 Å². The van der Waals surface area contributed by atoms with Crippen molar-refractivity contribution in [1.82, 2.24) is 0 Å². The van der Waals surface area contributed by atoms with Gasteiger partial charge in [0.15, 0.2) is 0 Å². The summed E-state index contributed by atoms with van der Waals surface area (Å²) in [7, 11) is 0. The summed E-state index contributed by atoms with van der Waals surface area (Å²) in [5.74, 6) is 0.745. The number of rotatable bonds is 1. The molecule has 2 atom stereocenters. The van der Waals surface area contributed by atoms with Crippen LogP contribution in [0.25, 0.3) is 0 Å². The molecule has 0 saturated carbocycles. The van der Waals surface area contributed by atoms with Crippen molar-refractivity contribution in [3.8, 4) is 5.75 Å². The van der Waals surface area contributed by atoms with Gasteiger partial charge < -0.3 is 10.5 Å². The Hall–Kier alpha value is -0.930. The van der Waals surface area contributed by atoms with Crippen LogP contribution >= 0.6 is 34.8 Å². The van der Waals surface area contributed by atoms with E-state index in [9.17, 15) is 0 Å². The smallest absolute Gasteiger partial charge is 0.127 e. The molecule has 5 heteroatoms. The molecule has 0 amide bonds. The van der Waals surface area contributed by atoms with Crippen LogP contribution in [0.1, 0.15) is 29.7 Å². The van der Waals surface area contributed by atoms with Crippen LogP contribution in [0, 0.1) is 0 Å². The lowest BCUT2D eigenvalue weighted by Gasteiger charge is -2.31. The van der Waals surface area contributed by atoms with Gasteiger partial charge in [0.1, 0.15) is 11.9 Å². The number of hydrogen-bond acceptors (Lipinski definition) is 2. The lowest BCUT2D eigenvalue weighted by molar-refractivity contribution is 0.161. The summed E-state index contributed by atoms with van der Waals surface area (Å²) in [5.41, 5.74) is 8.00. The highest BCUT2D eigenvalue weighted by Gasteiger charge is 2.28. The molecule has 1 heterocycles. The largest absolute Gasteiger partial charge is 0.485 e. The van der Waals surface area contributed by atoms with Gasteiger partial charge in [-0.25, -0.2) is 0 Å². The minimum absolute atomic E-state index is 0.141. The van der Waals surface area contributed by atoms with Crippen molar-refractivity contribution in [2.75, 3.05) is 0 Å². The van der Waals surface area contributed by atoms with E-state index in [1.807, 2.05) is 24.3 Å². The summed E-state index contributed by atoms with van der Waals surface area (Å²) in [6.07, 6.45) is 0.429. The molecule has 2 aromatic rings. The van der Waals surface area contributed by atoms with Crippen molar-refractivity contribution in [1.29, 1.82) is 0 Å². The summed E-state index contributed by atoms with van der Waals surface area (Å²) in [5, 5.41) is 1.69. The summed E-state index contributed by atoms with van der Waals surface area (Å²) in [4.78, 5) is 0. The Balaban J connectivity index is 1.99. The second-order valence-electron chi connectivity index (χ2n) is 4.77. The van der Waals surface area contributed by atoms with E-state index < -0.39 is 0 Å². The standard InChI is InChI=1S/C15H12Cl3NO/c16-8-4-5-13-10(6-8)12(19)7-14(20-13)9-2-1-3-11(17)15(9)18/h1-6,12,14H,7,19H2/t12-,14?/m1/s1. The van der Waals surface area contributed by atoms with E-state index in [1.54, 1.807) is 12.1 Å².